The van der Waals surface area contributed by atoms with Crippen molar-refractivity contribution in [3.8, 4) is 5.88 Å². The molecule has 2 aliphatic rings. The first kappa shape index (κ1) is 22.9. The number of amides is 4. The molecule has 1 saturated heterocycles. The van der Waals surface area contributed by atoms with Crippen LogP contribution < -0.4 is 15.8 Å². The van der Waals surface area contributed by atoms with Gasteiger partial charge in [-0.15, -0.1) is 5.10 Å². The second-order valence-electron chi connectivity index (χ2n) is 8.51. The molecule has 12 heteroatoms. The number of imide groups is 1. The van der Waals surface area contributed by atoms with Crippen molar-refractivity contribution in [3.05, 3.63) is 30.0 Å². The van der Waals surface area contributed by atoms with Crippen molar-refractivity contribution in [2.75, 3.05) is 0 Å². The number of alkyl halides is 3. The number of carbonyl (C=O) groups is 3. The number of aromatic nitrogens is 2. The van der Waals surface area contributed by atoms with Gasteiger partial charge in [-0.05, 0) is 44.2 Å². The van der Waals surface area contributed by atoms with Crippen molar-refractivity contribution in [1.82, 2.24) is 19.8 Å². The zero-order chi connectivity index (χ0) is 23.9. The standard InChI is InChI=1S/C21H24F3N5O4/c1-11(21(22,23)24)10-14-19(31)29(20(32)26-14)12-5-7-13(8-6-12)33-18-16(17(25)30)15-4-2-3-9-28(15)27-18/h2-4,9,11-14H,5-8,10H2,1H3,(H2,25,30)(H,26,32)/t11?,12-,13-,14?. The van der Waals surface area contributed by atoms with Crippen LogP contribution in [0.5, 0.6) is 5.88 Å². The van der Waals surface area contributed by atoms with Crippen molar-refractivity contribution in [3.63, 3.8) is 0 Å². The van der Waals surface area contributed by atoms with E-state index in [1.54, 1.807) is 24.4 Å². The van der Waals surface area contributed by atoms with Crippen LogP contribution in [0, 0.1) is 5.92 Å². The molecule has 1 saturated carbocycles. The Balaban J connectivity index is 1.39. The minimum absolute atomic E-state index is 0.119. The Morgan fingerprint density at radius 2 is 1.97 bits per heavy atom. The molecule has 0 aromatic carbocycles. The summed E-state index contributed by atoms with van der Waals surface area (Å²) in [5.74, 6) is -2.88. The summed E-state index contributed by atoms with van der Waals surface area (Å²) in [7, 11) is 0. The highest BCUT2D eigenvalue weighted by Gasteiger charge is 2.46. The Bertz CT molecular complexity index is 1080. The van der Waals surface area contributed by atoms with E-state index in [1.165, 1.54) is 4.52 Å². The van der Waals surface area contributed by atoms with Crippen molar-refractivity contribution in [2.24, 2.45) is 11.7 Å². The maximum atomic E-state index is 12.9. The SMILES string of the molecule is CC(CC1NC(=O)N([C@H]2CC[C@H](Oc3nn4ccccc4c3C(N)=O)CC2)C1=O)C(F)(F)F. The zero-order valence-corrected chi connectivity index (χ0v) is 17.8. The molecule has 9 nitrogen and oxygen atoms in total. The normalized spacial score (nSPS) is 24.7. The number of ether oxygens (including phenoxy) is 1. The van der Waals surface area contributed by atoms with E-state index in [2.05, 4.69) is 10.4 Å². The Morgan fingerprint density at radius 3 is 2.61 bits per heavy atom. The number of pyridine rings is 1. The van der Waals surface area contributed by atoms with E-state index >= 15 is 0 Å². The fourth-order valence-corrected chi connectivity index (χ4v) is 4.41. The molecule has 2 aromatic heterocycles. The van der Waals surface area contributed by atoms with E-state index in [1.807, 2.05) is 0 Å². The van der Waals surface area contributed by atoms with E-state index < -0.39 is 48.4 Å². The predicted octanol–water partition coefficient (Wildman–Crippen LogP) is 2.63. The van der Waals surface area contributed by atoms with Gasteiger partial charge in [-0.3, -0.25) is 14.5 Å². The van der Waals surface area contributed by atoms with Gasteiger partial charge in [0, 0.05) is 12.2 Å². The zero-order valence-electron chi connectivity index (χ0n) is 17.8. The molecule has 0 spiro atoms. The fraction of sp³-hybridized carbons (Fsp3) is 0.524. The van der Waals surface area contributed by atoms with Gasteiger partial charge in [0.2, 0.25) is 5.88 Å². The summed E-state index contributed by atoms with van der Waals surface area (Å²) in [6, 6.07) is 2.92. The van der Waals surface area contributed by atoms with E-state index in [0.29, 0.717) is 31.2 Å². The predicted molar refractivity (Wildman–Crippen MR) is 109 cm³/mol. The van der Waals surface area contributed by atoms with Crippen LogP contribution >= 0.6 is 0 Å². The molecule has 2 fully saturated rings. The molecule has 2 aromatic rings. The average Bonchev–Trinajstić information content (AvgIpc) is 3.24. The summed E-state index contributed by atoms with van der Waals surface area (Å²) < 4.78 is 46.0. The van der Waals surface area contributed by atoms with Gasteiger partial charge in [-0.25, -0.2) is 9.31 Å². The maximum absolute atomic E-state index is 12.9. The summed E-state index contributed by atoms with van der Waals surface area (Å²) in [5.41, 5.74) is 6.20. The third kappa shape index (κ3) is 4.46. The number of urea groups is 1. The fourth-order valence-electron chi connectivity index (χ4n) is 4.41. The summed E-state index contributed by atoms with van der Waals surface area (Å²) in [5, 5.41) is 6.66. The molecule has 4 amide bonds. The van der Waals surface area contributed by atoms with Gasteiger partial charge in [0.05, 0.1) is 11.4 Å². The number of carbonyl (C=O) groups excluding carboxylic acids is 3. The van der Waals surface area contributed by atoms with E-state index in [-0.39, 0.29) is 17.5 Å². The van der Waals surface area contributed by atoms with Gasteiger partial charge in [0.25, 0.3) is 11.8 Å². The molecule has 3 N–H and O–H groups in total. The highest BCUT2D eigenvalue weighted by molar-refractivity contribution is 6.04. The van der Waals surface area contributed by atoms with Gasteiger partial charge >= 0.3 is 12.2 Å². The van der Waals surface area contributed by atoms with Crippen molar-refractivity contribution in [2.45, 2.75) is 63.4 Å². The number of hydrogen-bond donors (Lipinski definition) is 2. The van der Waals surface area contributed by atoms with Crippen LogP contribution in [0.1, 0.15) is 49.4 Å². The number of primary amides is 1. The summed E-state index contributed by atoms with van der Waals surface area (Å²) in [6.45, 7) is 0.990. The van der Waals surface area contributed by atoms with Crippen LogP contribution in [0.4, 0.5) is 18.0 Å². The molecule has 33 heavy (non-hydrogen) atoms. The molecule has 3 heterocycles. The molecule has 2 unspecified atom stereocenters. The van der Waals surface area contributed by atoms with Crippen LogP contribution in [-0.4, -0.2) is 56.7 Å². The average molecular weight is 467 g/mol. The van der Waals surface area contributed by atoms with Crippen LogP contribution in [0.2, 0.25) is 0 Å². The molecular weight excluding hydrogens is 443 g/mol. The molecule has 0 bridgehead atoms. The Hall–Kier alpha value is -3.31. The molecule has 4 rings (SSSR count). The summed E-state index contributed by atoms with van der Waals surface area (Å²) in [6.07, 6.45) is -1.79. The van der Waals surface area contributed by atoms with Gasteiger partial charge in [-0.1, -0.05) is 13.0 Å². The number of fused-ring (bicyclic) bond motifs is 1. The highest BCUT2D eigenvalue weighted by Crippen LogP contribution is 2.33. The van der Waals surface area contributed by atoms with Crippen molar-refractivity contribution < 1.29 is 32.3 Å². The molecule has 0 radical (unpaired) electrons. The lowest BCUT2D eigenvalue weighted by Crippen LogP contribution is -2.44. The van der Waals surface area contributed by atoms with Crippen LogP contribution in [0.25, 0.3) is 5.52 Å². The lowest BCUT2D eigenvalue weighted by Gasteiger charge is -2.32. The maximum Gasteiger partial charge on any atom is 0.391 e. The summed E-state index contributed by atoms with van der Waals surface area (Å²) in [4.78, 5) is 38.0. The topological polar surface area (TPSA) is 119 Å². The van der Waals surface area contributed by atoms with Gasteiger partial charge < -0.3 is 15.8 Å². The quantitative estimate of drug-likeness (QED) is 0.633. The van der Waals surface area contributed by atoms with Gasteiger partial charge in [0.1, 0.15) is 17.7 Å². The number of nitrogens with one attached hydrogen (secondary N) is 1. The number of rotatable bonds is 6. The monoisotopic (exact) mass is 467 g/mol. The molecule has 1 aliphatic carbocycles. The molecule has 2 atom stereocenters. The number of hydrogen-bond acceptors (Lipinski definition) is 5. The molecule has 178 valence electrons. The molecular formula is C21H24F3N5O4. The Morgan fingerprint density at radius 1 is 1.27 bits per heavy atom. The van der Waals surface area contributed by atoms with Crippen LogP contribution in [-0.2, 0) is 4.79 Å². The van der Waals surface area contributed by atoms with E-state index in [9.17, 15) is 27.6 Å². The lowest BCUT2D eigenvalue weighted by atomic mass is 9.91. The lowest BCUT2D eigenvalue weighted by molar-refractivity contribution is -0.172. The van der Waals surface area contributed by atoms with Crippen LogP contribution in [0.3, 0.4) is 0 Å². The van der Waals surface area contributed by atoms with Crippen LogP contribution in [0.15, 0.2) is 24.4 Å². The molecule has 1 aliphatic heterocycles. The largest absolute Gasteiger partial charge is 0.473 e. The van der Waals surface area contributed by atoms with E-state index in [4.69, 9.17) is 10.5 Å². The van der Waals surface area contributed by atoms with Gasteiger partial charge in [-0.2, -0.15) is 13.2 Å². The number of halogens is 3. The third-order valence-electron chi connectivity index (χ3n) is 6.24. The second-order valence-corrected chi connectivity index (χ2v) is 8.51. The Labute approximate surface area is 187 Å². The van der Waals surface area contributed by atoms with Crippen molar-refractivity contribution in [1.29, 1.82) is 0 Å². The Kier molecular flexibility index (Phi) is 5.93. The first-order valence-corrected chi connectivity index (χ1v) is 10.7. The first-order valence-electron chi connectivity index (χ1n) is 10.7. The number of nitrogens with two attached hydrogens (primary N) is 1. The van der Waals surface area contributed by atoms with Crippen molar-refractivity contribution >= 4 is 23.4 Å². The third-order valence-corrected chi connectivity index (χ3v) is 6.24. The second kappa shape index (κ2) is 8.56. The van der Waals surface area contributed by atoms with Gasteiger partial charge in [0.15, 0.2) is 0 Å². The highest BCUT2D eigenvalue weighted by atomic mass is 19.4. The number of nitrogens with zero attached hydrogens (tertiary/aromatic N) is 3. The summed E-state index contributed by atoms with van der Waals surface area (Å²) >= 11 is 0. The first-order chi connectivity index (χ1) is 15.6. The minimum atomic E-state index is -4.44. The van der Waals surface area contributed by atoms with E-state index in [0.717, 1.165) is 11.8 Å². The minimum Gasteiger partial charge on any atom is -0.473 e. The smallest absolute Gasteiger partial charge is 0.391 e.